The van der Waals surface area contributed by atoms with E-state index in [1.165, 1.54) is 32.1 Å². The lowest BCUT2D eigenvalue weighted by atomic mass is 9.94. The van der Waals surface area contributed by atoms with Crippen LogP contribution >= 0.6 is 0 Å². The van der Waals surface area contributed by atoms with Crippen molar-refractivity contribution in [1.29, 1.82) is 0 Å². The molecule has 2 fully saturated rings. The second-order valence-electron chi connectivity index (χ2n) is 6.52. The van der Waals surface area contributed by atoms with Gasteiger partial charge in [0.25, 0.3) is 0 Å². The van der Waals surface area contributed by atoms with E-state index in [0.29, 0.717) is 6.04 Å². The predicted molar refractivity (Wildman–Crippen MR) is 84.2 cm³/mol. The highest BCUT2D eigenvalue weighted by Gasteiger charge is 2.30. The van der Waals surface area contributed by atoms with Crippen molar-refractivity contribution in [2.45, 2.75) is 51.1 Å². The van der Waals surface area contributed by atoms with E-state index in [9.17, 15) is 4.79 Å². The molecule has 0 aromatic rings. The van der Waals surface area contributed by atoms with Crippen molar-refractivity contribution in [1.82, 2.24) is 14.7 Å². The molecule has 1 saturated carbocycles. The molecule has 1 atom stereocenters. The van der Waals surface area contributed by atoms with Gasteiger partial charge >= 0.3 is 0 Å². The van der Waals surface area contributed by atoms with Gasteiger partial charge in [-0.1, -0.05) is 19.3 Å². The summed E-state index contributed by atoms with van der Waals surface area (Å²) >= 11 is 0. The van der Waals surface area contributed by atoms with Crippen molar-refractivity contribution in [3.8, 4) is 0 Å². The normalized spacial score (nSPS) is 24.0. The zero-order chi connectivity index (χ0) is 15.2. The van der Waals surface area contributed by atoms with E-state index >= 15 is 0 Å². The maximum atomic E-state index is 12.7. The van der Waals surface area contributed by atoms with Gasteiger partial charge in [-0.05, 0) is 19.8 Å². The highest BCUT2D eigenvalue weighted by molar-refractivity contribution is 5.81. The monoisotopic (exact) mass is 297 g/mol. The molecule has 122 valence electrons. The van der Waals surface area contributed by atoms with Crippen molar-refractivity contribution in [2.75, 3.05) is 46.4 Å². The first-order valence-corrected chi connectivity index (χ1v) is 8.47. The minimum Gasteiger partial charge on any atom is -0.395 e. The summed E-state index contributed by atoms with van der Waals surface area (Å²) in [6, 6.07) is 0.428. The molecule has 0 radical (unpaired) electrons. The molecule has 0 bridgehead atoms. The molecule has 1 N–H and O–H groups in total. The molecule has 1 aliphatic heterocycles. The number of carbonyl (C=O) groups is 1. The van der Waals surface area contributed by atoms with Crippen LogP contribution in [0.1, 0.15) is 39.0 Å². The van der Waals surface area contributed by atoms with Crippen LogP contribution < -0.4 is 0 Å². The summed E-state index contributed by atoms with van der Waals surface area (Å²) in [4.78, 5) is 19.2. The summed E-state index contributed by atoms with van der Waals surface area (Å²) < 4.78 is 0. The molecule has 2 rings (SSSR count). The highest BCUT2D eigenvalue weighted by atomic mass is 16.3. The number of likely N-dealkylation sites (N-methyl/N-ethyl adjacent to an activating group) is 1. The number of aliphatic hydroxyl groups is 1. The third kappa shape index (κ3) is 4.41. The lowest BCUT2D eigenvalue weighted by molar-refractivity contribution is -0.138. The molecule has 0 aromatic heterocycles. The molecule has 1 saturated heterocycles. The summed E-state index contributed by atoms with van der Waals surface area (Å²) in [6.45, 7) is 6.76. The molecule has 21 heavy (non-hydrogen) atoms. The Bertz CT molecular complexity index is 323. The number of piperazine rings is 1. The zero-order valence-corrected chi connectivity index (χ0v) is 13.6. The third-order valence-electron chi connectivity index (χ3n) is 5.20. The number of hydrogen-bond acceptors (Lipinski definition) is 4. The van der Waals surface area contributed by atoms with Crippen LogP contribution in [-0.4, -0.2) is 84.2 Å². The minimum atomic E-state index is -0.0202. The average Bonchev–Trinajstić information content (AvgIpc) is 2.54. The van der Waals surface area contributed by atoms with Gasteiger partial charge in [-0.25, -0.2) is 0 Å². The van der Waals surface area contributed by atoms with Gasteiger partial charge in [0.1, 0.15) is 0 Å². The van der Waals surface area contributed by atoms with E-state index in [2.05, 4.69) is 9.80 Å². The van der Waals surface area contributed by atoms with Crippen LogP contribution in [0.2, 0.25) is 0 Å². The Hall–Kier alpha value is -0.650. The molecule has 1 unspecified atom stereocenters. The van der Waals surface area contributed by atoms with Crippen LogP contribution in [0.4, 0.5) is 0 Å². The van der Waals surface area contributed by atoms with E-state index in [-0.39, 0.29) is 18.6 Å². The van der Waals surface area contributed by atoms with E-state index in [1.54, 1.807) is 0 Å². The second-order valence-corrected chi connectivity index (χ2v) is 6.52. The summed E-state index contributed by atoms with van der Waals surface area (Å²) in [5, 5.41) is 8.98. The van der Waals surface area contributed by atoms with Gasteiger partial charge < -0.3 is 10.0 Å². The number of hydrogen-bond donors (Lipinski definition) is 1. The highest BCUT2D eigenvalue weighted by Crippen LogP contribution is 2.22. The van der Waals surface area contributed by atoms with Crippen molar-refractivity contribution in [3.05, 3.63) is 0 Å². The van der Waals surface area contributed by atoms with Crippen LogP contribution in [0.3, 0.4) is 0 Å². The van der Waals surface area contributed by atoms with E-state index in [1.807, 2.05) is 18.9 Å². The van der Waals surface area contributed by atoms with Gasteiger partial charge in [-0.15, -0.1) is 0 Å². The molecule has 1 heterocycles. The first-order chi connectivity index (χ1) is 10.1. The standard InChI is InChI=1S/C16H31N3O2/c1-14(19-10-8-18(9-11-19)12-13-20)16(21)17(2)15-6-4-3-5-7-15/h14-15,20H,3-13H2,1-2H3. The van der Waals surface area contributed by atoms with Crippen molar-refractivity contribution in [2.24, 2.45) is 0 Å². The number of carbonyl (C=O) groups excluding carboxylic acids is 1. The molecular formula is C16H31N3O2. The van der Waals surface area contributed by atoms with Crippen LogP contribution in [0.15, 0.2) is 0 Å². The Morgan fingerprint density at radius 1 is 1.19 bits per heavy atom. The fourth-order valence-corrected chi connectivity index (χ4v) is 3.61. The fraction of sp³-hybridized carbons (Fsp3) is 0.938. The summed E-state index contributed by atoms with van der Waals surface area (Å²) in [5.74, 6) is 0.275. The molecule has 1 aliphatic carbocycles. The largest absolute Gasteiger partial charge is 0.395 e. The maximum absolute atomic E-state index is 12.7. The summed E-state index contributed by atoms with van der Waals surface area (Å²) in [7, 11) is 1.98. The Morgan fingerprint density at radius 2 is 1.81 bits per heavy atom. The summed E-state index contributed by atoms with van der Waals surface area (Å²) in [6.07, 6.45) is 6.17. The number of β-amino-alcohol motifs (C(OH)–C–C–N with tert-alkyl or cyclic N) is 1. The predicted octanol–water partition coefficient (Wildman–Crippen LogP) is 0.776. The van der Waals surface area contributed by atoms with Gasteiger partial charge in [-0.3, -0.25) is 14.6 Å². The quantitative estimate of drug-likeness (QED) is 0.814. The Morgan fingerprint density at radius 3 is 2.38 bits per heavy atom. The molecular weight excluding hydrogens is 266 g/mol. The van der Waals surface area contributed by atoms with Crippen LogP contribution in [0, 0.1) is 0 Å². The topological polar surface area (TPSA) is 47.0 Å². The number of amides is 1. The van der Waals surface area contributed by atoms with Gasteiger partial charge in [0, 0.05) is 45.8 Å². The van der Waals surface area contributed by atoms with Crippen molar-refractivity contribution < 1.29 is 9.90 Å². The lowest BCUT2D eigenvalue weighted by Crippen LogP contribution is -2.55. The average molecular weight is 297 g/mol. The molecule has 0 spiro atoms. The van der Waals surface area contributed by atoms with Crippen LogP contribution in [0.25, 0.3) is 0 Å². The van der Waals surface area contributed by atoms with E-state index < -0.39 is 0 Å². The number of rotatable bonds is 5. The van der Waals surface area contributed by atoms with Crippen LogP contribution in [-0.2, 0) is 4.79 Å². The SMILES string of the molecule is CC(C(=O)N(C)C1CCCCC1)N1CCN(CCO)CC1. The van der Waals surface area contributed by atoms with Gasteiger partial charge in [0.05, 0.1) is 12.6 Å². The third-order valence-corrected chi connectivity index (χ3v) is 5.20. The van der Waals surface area contributed by atoms with Gasteiger partial charge in [0.2, 0.25) is 5.91 Å². The molecule has 2 aliphatic rings. The zero-order valence-electron chi connectivity index (χ0n) is 13.6. The maximum Gasteiger partial charge on any atom is 0.239 e. The van der Waals surface area contributed by atoms with E-state index in [0.717, 1.165) is 32.7 Å². The molecule has 1 amide bonds. The number of aliphatic hydroxyl groups excluding tert-OH is 1. The molecule has 5 nitrogen and oxygen atoms in total. The van der Waals surface area contributed by atoms with Crippen LogP contribution in [0.5, 0.6) is 0 Å². The lowest BCUT2D eigenvalue weighted by Gasteiger charge is -2.40. The van der Waals surface area contributed by atoms with Gasteiger partial charge in [0.15, 0.2) is 0 Å². The Balaban J connectivity index is 1.81. The van der Waals surface area contributed by atoms with Crippen molar-refractivity contribution >= 4 is 5.91 Å². The first kappa shape index (κ1) is 16.7. The second kappa shape index (κ2) is 8.11. The van der Waals surface area contributed by atoms with Gasteiger partial charge in [-0.2, -0.15) is 0 Å². The Labute approximate surface area is 128 Å². The fourth-order valence-electron chi connectivity index (χ4n) is 3.61. The smallest absolute Gasteiger partial charge is 0.239 e. The molecule has 5 heteroatoms. The first-order valence-electron chi connectivity index (χ1n) is 8.47. The summed E-state index contributed by atoms with van der Waals surface area (Å²) in [5.41, 5.74) is 0. The van der Waals surface area contributed by atoms with Crippen molar-refractivity contribution in [3.63, 3.8) is 0 Å². The van der Waals surface area contributed by atoms with E-state index in [4.69, 9.17) is 5.11 Å². The number of nitrogens with zero attached hydrogens (tertiary/aromatic N) is 3. The molecule has 0 aromatic carbocycles. The Kier molecular flexibility index (Phi) is 6.45. The minimum absolute atomic E-state index is 0.0202.